The fraction of sp³-hybridized carbons (Fsp3) is 0.889. The van der Waals surface area contributed by atoms with Gasteiger partial charge in [-0.2, -0.15) is 0 Å². The molecule has 1 saturated carbocycles. The third-order valence-corrected chi connectivity index (χ3v) is 2.90. The number of hydrogen-bond donors (Lipinski definition) is 1. The Kier molecular flexibility index (Phi) is 2.26. The van der Waals surface area contributed by atoms with Gasteiger partial charge in [0, 0.05) is 12.3 Å². The van der Waals surface area contributed by atoms with Crippen molar-refractivity contribution < 1.29 is 19.4 Å². The molecular weight excluding hydrogens is 172 g/mol. The molecule has 4 heteroatoms. The molecule has 1 aliphatic carbocycles. The van der Waals surface area contributed by atoms with Gasteiger partial charge in [-0.05, 0) is 12.8 Å². The number of rotatable bonds is 2. The Morgan fingerprint density at radius 2 is 2.15 bits per heavy atom. The Bertz CT molecular complexity index is 202. The van der Waals surface area contributed by atoms with Crippen molar-refractivity contribution in [2.45, 2.75) is 31.5 Å². The van der Waals surface area contributed by atoms with Crippen LogP contribution in [0.2, 0.25) is 0 Å². The topological polar surface area (TPSA) is 55.8 Å². The number of ether oxygens (including phenoxy) is 2. The first-order valence-electron chi connectivity index (χ1n) is 4.73. The quantitative estimate of drug-likeness (QED) is 0.699. The molecule has 2 rings (SSSR count). The van der Waals surface area contributed by atoms with Crippen molar-refractivity contribution >= 4 is 5.97 Å². The molecule has 0 aromatic rings. The SMILES string of the molecule is O=C(O)C[C@@H]1CCCC12OCCO2. The molecule has 1 N–H and O–H groups in total. The highest BCUT2D eigenvalue weighted by Crippen LogP contribution is 2.43. The lowest BCUT2D eigenvalue weighted by Crippen LogP contribution is -2.35. The summed E-state index contributed by atoms with van der Waals surface area (Å²) < 4.78 is 11.1. The van der Waals surface area contributed by atoms with Gasteiger partial charge in [0.2, 0.25) is 0 Å². The lowest BCUT2D eigenvalue weighted by Gasteiger charge is -2.28. The number of carbonyl (C=O) groups is 1. The van der Waals surface area contributed by atoms with Crippen LogP contribution in [-0.4, -0.2) is 30.1 Å². The van der Waals surface area contributed by atoms with Crippen molar-refractivity contribution in [1.82, 2.24) is 0 Å². The second-order valence-electron chi connectivity index (χ2n) is 3.70. The Balaban J connectivity index is 2.04. The van der Waals surface area contributed by atoms with E-state index in [-0.39, 0.29) is 12.3 Å². The van der Waals surface area contributed by atoms with Crippen LogP contribution in [0, 0.1) is 5.92 Å². The summed E-state index contributed by atoms with van der Waals surface area (Å²) in [5.41, 5.74) is 0. The Labute approximate surface area is 76.8 Å². The number of hydrogen-bond acceptors (Lipinski definition) is 3. The molecule has 74 valence electrons. The fourth-order valence-electron chi connectivity index (χ4n) is 2.34. The highest BCUT2D eigenvalue weighted by Gasteiger charge is 2.48. The van der Waals surface area contributed by atoms with Crippen molar-refractivity contribution in [2.75, 3.05) is 13.2 Å². The molecule has 1 heterocycles. The largest absolute Gasteiger partial charge is 0.481 e. The molecule has 1 saturated heterocycles. The number of carboxylic acids is 1. The van der Waals surface area contributed by atoms with Crippen molar-refractivity contribution in [1.29, 1.82) is 0 Å². The van der Waals surface area contributed by atoms with Gasteiger partial charge >= 0.3 is 5.97 Å². The van der Waals surface area contributed by atoms with E-state index in [1.165, 1.54) is 0 Å². The van der Waals surface area contributed by atoms with E-state index in [2.05, 4.69) is 0 Å². The van der Waals surface area contributed by atoms with Crippen molar-refractivity contribution in [3.8, 4) is 0 Å². The third-order valence-electron chi connectivity index (χ3n) is 2.90. The van der Waals surface area contributed by atoms with Gasteiger partial charge in [0.25, 0.3) is 0 Å². The second kappa shape index (κ2) is 3.27. The van der Waals surface area contributed by atoms with Gasteiger partial charge in [-0.25, -0.2) is 0 Å². The van der Waals surface area contributed by atoms with Crippen LogP contribution in [0.15, 0.2) is 0 Å². The van der Waals surface area contributed by atoms with E-state index in [9.17, 15) is 4.79 Å². The van der Waals surface area contributed by atoms with E-state index < -0.39 is 11.8 Å². The zero-order valence-electron chi connectivity index (χ0n) is 7.49. The fourth-order valence-corrected chi connectivity index (χ4v) is 2.34. The van der Waals surface area contributed by atoms with Crippen LogP contribution in [0.4, 0.5) is 0 Å². The summed E-state index contributed by atoms with van der Waals surface area (Å²) in [5, 5.41) is 8.71. The summed E-state index contributed by atoms with van der Waals surface area (Å²) in [6.45, 7) is 1.21. The molecule has 13 heavy (non-hydrogen) atoms. The minimum atomic E-state index is -0.759. The summed E-state index contributed by atoms with van der Waals surface area (Å²) in [6, 6.07) is 0. The molecular formula is C9H14O4. The first-order valence-corrected chi connectivity index (χ1v) is 4.73. The summed E-state index contributed by atoms with van der Waals surface area (Å²) in [6.07, 6.45) is 2.94. The lowest BCUT2D eigenvalue weighted by molar-refractivity contribution is -0.186. The normalized spacial score (nSPS) is 31.2. The molecule has 4 nitrogen and oxygen atoms in total. The molecule has 2 fully saturated rings. The standard InChI is InChI=1S/C9H14O4/c10-8(11)6-7-2-1-3-9(7)12-4-5-13-9/h7H,1-6H2,(H,10,11)/t7-/m0/s1. The van der Waals surface area contributed by atoms with Gasteiger partial charge in [-0.15, -0.1) is 0 Å². The zero-order valence-corrected chi connectivity index (χ0v) is 7.49. The smallest absolute Gasteiger partial charge is 0.303 e. The molecule has 1 aliphatic heterocycles. The van der Waals surface area contributed by atoms with E-state index >= 15 is 0 Å². The van der Waals surface area contributed by atoms with Gasteiger partial charge in [-0.3, -0.25) is 4.79 Å². The van der Waals surface area contributed by atoms with Crippen molar-refractivity contribution in [3.63, 3.8) is 0 Å². The van der Waals surface area contributed by atoms with Gasteiger partial charge in [0.05, 0.1) is 19.6 Å². The second-order valence-corrected chi connectivity index (χ2v) is 3.70. The summed E-state index contributed by atoms with van der Waals surface area (Å²) >= 11 is 0. The van der Waals surface area contributed by atoms with Gasteiger partial charge in [0.1, 0.15) is 0 Å². The van der Waals surface area contributed by atoms with Crippen molar-refractivity contribution in [3.05, 3.63) is 0 Å². The van der Waals surface area contributed by atoms with E-state index in [1.807, 2.05) is 0 Å². The van der Waals surface area contributed by atoms with Crippen LogP contribution in [0.25, 0.3) is 0 Å². The molecule has 0 aromatic heterocycles. The van der Waals surface area contributed by atoms with Crippen LogP contribution in [0.1, 0.15) is 25.7 Å². The molecule has 1 spiro atoms. The zero-order chi connectivity index (χ0) is 9.31. The Morgan fingerprint density at radius 1 is 1.46 bits per heavy atom. The third kappa shape index (κ3) is 1.56. The van der Waals surface area contributed by atoms with E-state index in [0.717, 1.165) is 19.3 Å². The van der Waals surface area contributed by atoms with Crippen LogP contribution in [-0.2, 0) is 14.3 Å². The highest BCUT2D eigenvalue weighted by atomic mass is 16.7. The van der Waals surface area contributed by atoms with Crippen molar-refractivity contribution in [2.24, 2.45) is 5.92 Å². The maximum absolute atomic E-state index is 10.6. The van der Waals surface area contributed by atoms with E-state index in [4.69, 9.17) is 14.6 Å². The molecule has 0 amide bonds. The summed E-state index contributed by atoms with van der Waals surface area (Å²) in [5.74, 6) is -1.25. The van der Waals surface area contributed by atoms with Crippen LogP contribution in [0.3, 0.4) is 0 Å². The molecule has 0 bridgehead atoms. The first kappa shape index (κ1) is 8.97. The Hall–Kier alpha value is -0.610. The average molecular weight is 186 g/mol. The van der Waals surface area contributed by atoms with Crippen LogP contribution < -0.4 is 0 Å². The van der Waals surface area contributed by atoms with E-state index in [1.54, 1.807) is 0 Å². The van der Waals surface area contributed by atoms with Crippen LogP contribution >= 0.6 is 0 Å². The first-order chi connectivity index (χ1) is 6.23. The average Bonchev–Trinajstić information content (AvgIpc) is 2.64. The minimum Gasteiger partial charge on any atom is -0.481 e. The molecule has 2 aliphatic rings. The predicted molar refractivity (Wildman–Crippen MR) is 44.2 cm³/mol. The number of aliphatic carboxylic acids is 1. The highest BCUT2D eigenvalue weighted by molar-refractivity contribution is 5.67. The molecule has 0 radical (unpaired) electrons. The lowest BCUT2D eigenvalue weighted by atomic mass is 9.98. The van der Waals surface area contributed by atoms with Gasteiger partial charge in [-0.1, -0.05) is 0 Å². The molecule has 0 unspecified atom stereocenters. The summed E-state index contributed by atoms with van der Waals surface area (Å²) in [4.78, 5) is 10.6. The number of carboxylic acid groups (broad SMARTS) is 1. The molecule has 1 atom stereocenters. The van der Waals surface area contributed by atoms with Gasteiger partial charge in [0.15, 0.2) is 5.79 Å². The van der Waals surface area contributed by atoms with E-state index in [0.29, 0.717) is 13.2 Å². The minimum absolute atomic E-state index is 0.0486. The molecule has 0 aromatic carbocycles. The Morgan fingerprint density at radius 3 is 2.77 bits per heavy atom. The monoisotopic (exact) mass is 186 g/mol. The maximum atomic E-state index is 10.6. The van der Waals surface area contributed by atoms with Crippen LogP contribution in [0.5, 0.6) is 0 Å². The maximum Gasteiger partial charge on any atom is 0.303 e. The predicted octanol–water partition coefficient (Wildman–Crippen LogP) is 1.00. The summed E-state index contributed by atoms with van der Waals surface area (Å²) in [7, 11) is 0. The van der Waals surface area contributed by atoms with Gasteiger partial charge < -0.3 is 14.6 Å².